The van der Waals surface area contributed by atoms with Crippen LogP contribution in [0.25, 0.3) is 0 Å². The highest BCUT2D eigenvalue weighted by molar-refractivity contribution is 6.31. The van der Waals surface area contributed by atoms with Crippen LogP contribution < -0.4 is 15.5 Å². The molecule has 1 atom stereocenters. The van der Waals surface area contributed by atoms with Crippen molar-refractivity contribution >= 4 is 35.1 Å². The number of carbonyl (C=O) groups excluding carboxylic acids is 3. The molecule has 2 saturated heterocycles. The van der Waals surface area contributed by atoms with Gasteiger partial charge in [-0.15, -0.1) is 0 Å². The number of anilines is 1. The fourth-order valence-corrected chi connectivity index (χ4v) is 4.02. The van der Waals surface area contributed by atoms with Gasteiger partial charge in [0.05, 0.1) is 6.04 Å². The van der Waals surface area contributed by atoms with Crippen molar-refractivity contribution in [2.75, 3.05) is 31.1 Å². The molecular weight excluding hydrogens is 392 g/mol. The number of imide groups is 1. The maximum absolute atomic E-state index is 13.3. The van der Waals surface area contributed by atoms with Crippen LogP contribution in [0.4, 0.5) is 10.5 Å². The summed E-state index contributed by atoms with van der Waals surface area (Å²) in [5, 5.41) is 6.26. The van der Waals surface area contributed by atoms with Crippen molar-refractivity contribution in [1.82, 2.24) is 15.5 Å². The number of hydrogen-bond donors (Lipinski definition) is 2. The number of amides is 4. The molecule has 4 rings (SSSR count). The lowest BCUT2D eigenvalue weighted by molar-refractivity contribution is -0.120. The van der Waals surface area contributed by atoms with Crippen molar-refractivity contribution in [2.45, 2.75) is 12.5 Å². The van der Waals surface area contributed by atoms with Crippen LogP contribution in [-0.4, -0.2) is 48.9 Å². The highest BCUT2D eigenvalue weighted by Gasteiger charge is 2.31. The monoisotopic (exact) mass is 412 g/mol. The van der Waals surface area contributed by atoms with Gasteiger partial charge in [0.1, 0.15) is 0 Å². The lowest BCUT2D eigenvalue weighted by Gasteiger charge is -2.37. The number of hydrogen-bond acceptors (Lipinski definition) is 4. The summed E-state index contributed by atoms with van der Waals surface area (Å²) in [7, 11) is 0. The number of urea groups is 1. The summed E-state index contributed by atoms with van der Waals surface area (Å²) in [6.45, 7) is 2.16. The van der Waals surface area contributed by atoms with Crippen LogP contribution >= 0.6 is 11.6 Å². The standard InChI is InChI=1S/C21H21ClN4O3/c22-17-7-2-1-6-16(17)18-13-23-9-11-26(18)20(28)14-4-3-5-15(12-14)25-10-8-19(27)24-21(25)29/h1-7,12,18,23H,8-11,13H2,(H,24,27,29). The second-order valence-corrected chi connectivity index (χ2v) is 7.45. The Morgan fingerprint density at radius 1 is 1.07 bits per heavy atom. The summed E-state index contributed by atoms with van der Waals surface area (Å²) in [5.41, 5.74) is 1.98. The van der Waals surface area contributed by atoms with Crippen molar-refractivity contribution in [3.05, 3.63) is 64.7 Å². The lowest BCUT2D eigenvalue weighted by Crippen LogP contribution is -2.50. The SMILES string of the molecule is O=C1CCN(c2cccc(C(=O)N3CCNCC3c3ccccc3Cl)c2)C(=O)N1. The van der Waals surface area contributed by atoms with Gasteiger partial charge < -0.3 is 10.2 Å². The maximum Gasteiger partial charge on any atom is 0.328 e. The zero-order valence-electron chi connectivity index (χ0n) is 15.7. The summed E-state index contributed by atoms with van der Waals surface area (Å²) in [4.78, 5) is 40.2. The smallest absolute Gasteiger partial charge is 0.328 e. The Kier molecular flexibility index (Phi) is 5.51. The van der Waals surface area contributed by atoms with Gasteiger partial charge >= 0.3 is 6.03 Å². The van der Waals surface area contributed by atoms with Crippen molar-refractivity contribution in [3.63, 3.8) is 0 Å². The van der Waals surface area contributed by atoms with E-state index in [1.807, 2.05) is 29.2 Å². The molecule has 2 heterocycles. The van der Waals surface area contributed by atoms with Gasteiger partial charge in [-0.05, 0) is 29.8 Å². The second-order valence-electron chi connectivity index (χ2n) is 7.05. The van der Waals surface area contributed by atoms with E-state index in [2.05, 4.69) is 10.6 Å². The predicted octanol–water partition coefficient (Wildman–Crippen LogP) is 2.57. The molecule has 2 N–H and O–H groups in total. The van der Waals surface area contributed by atoms with E-state index >= 15 is 0 Å². The van der Waals surface area contributed by atoms with Gasteiger partial charge in [0.15, 0.2) is 0 Å². The van der Waals surface area contributed by atoms with Crippen molar-refractivity contribution in [1.29, 1.82) is 0 Å². The Morgan fingerprint density at radius 2 is 1.90 bits per heavy atom. The topological polar surface area (TPSA) is 81.8 Å². The molecule has 1 unspecified atom stereocenters. The molecule has 0 aliphatic carbocycles. The molecule has 150 valence electrons. The average molecular weight is 413 g/mol. The molecule has 0 saturated carbocycles. The van der Waals surface area contributed by atoms with E-state index in [4.69, 9.17) is 11.6 Å². The molecule has 0 radical (unpaired) electrons. The van der Waals surface area contributed by atoms with Gasteiger partial charge in [-0.25, -0.2) is 4.79 Å². The summed E-state index contributed by atoms with van der Waals surface area (Å²) in [5.74, 6) is -0.409. The van der Waals surface area contributed by atoms with E-state index in [1.54, 1.807) is 24.3 Å². The minimum absolute atomic E-state index is 0.119. The zero-order chi connectivity index (χ0) is 20.4. The zero-order valence-corrected chi connectivity index (χ0v) is 16.5. The molecule has 29 heavy (non-hydrogen) atoms. The van der Waals surface area contributed by atoms with Crippen LogP contribution in [0, 0.1) is 0 Å². The minimum Gasteiger partial charge on any atom is -0.329 e. The first-order chi connectivity index (χ1) is 14.0. The maximum atomic E-state index is 13.3. The van der Waals surface area contributed by atoms with Crippen molar-refractivity contribution in [2.24, 2.45) is 0 Å². The van der Waals surface area contributed by atoms with Crippen LogP contribution in [0.1, 0.15) is 28.4 Å². The van der Waals surface area contributed by atoms with Crippen LogP contribution in [0.15, 0.2) is 48.5 Å². The first-order valence-electron chi connectivity index (χ1n) is 9.52. The van der Waals surface area contributed by atoms with Gasteiger partial charge in [-0.3, -0.25) is 19.8 Å². The second kappa shape index (κ2) is 8.23. The first-order valence-corrected chi connectivity index (χ1v) is 9.90. The molecule has 7 nitrogen and oxygen atoms in total. The normalized spacial score (nSPS) is 19.8. The summed E-state index contributed by atoms with van der Waals surface area (Å²) >= 11 is 6.38. The Bertz CT molecular complexity index is 964. The van der Waals surface area contributed by atoms with Crippen LogP contribution in [0.5, 0.6) is 0 Å². The number of halogens is 1. The highest BCUT2D eigenvalue weighted by atomic mass is 35.5. The average Bonchev–Trinajstić information content (AvgIpc) is 2.74. The van der Waals surface area contributed by atoms with Crippen LogP contribution in [0.3, 0.4) is 0 Å². The Hall–Kier alpha value is -2.90. The van der Waals surface area contributed by atoms with Gasteiger partial charge in [0, 0.05) is 48.9 Å². The molecule has 4 amide bonds. The van der Waals surface area contributed by atoms with E-state index in [9.17, 15) is 14.4 Å². The minimum atomic E-state index is -0.470. The number of nitrogens with zero attached hydrogens (tertiary/aromatic N) is 2. The summed E-state index contributed by atoms with van der Waals surface area (Å²) < 4.78 is 0. The van der Waals surface area contributed by atoms with Crippen molar-refractivity contribution < 1.29 is 14.4 Å². The van der Waals surface area contributed by atoms with Crippen molar-refractivity contribution in [3.8, 4) is 0 Å². The third-order valence-corrected chi connectivity index (χ3v) is 5.57. The van der Waals surface area contributed by atoms with E-state index < -0.39 is 6.03 Å². The Balaban J connectivity index is 1.61. The predicted molar refractivity (Wildman–Crippen MR) is 110 cm³/mol. The molecule has 0 bridgehead atoms. The molecule has 2 aliphatic heterocycles. The van der Waals surface area contributed by atoms with E-state index in [1.165, 1.54) is 4.90 Å². The molecule has 0 aromatic heterocycles. The van der Waals surface area contributed by atoms with Gasteiger partial charge in [-0.2, -0.15) is 0 Å². The van der Waals surface area contributed by atoms with E-state index in [0.29, 0.717) is 35.9 Å². The van der Waals surface area contributed by atoms with E-state index in [-0.39, 0.29) is 30.8 Å². The van der Waals surface area contributed by atoms with E-state index in [0.717, 1.165) is 5.56 Å². The Labute approximate surface area is 173 Å². The molecule has 2 fully saturated rings. The largest absolute Gasteiger partial charge is 0.329 e. The third-order valence-electron chi connectivity index (χ3n) is 5.23. The number of carbonyl (C=O) groups is 3. The molecule has 2 aromatic rings. The summed E-state index contributed by atoms with van der Waals surface area (Å²) in [6, 6.07) is 13.8. The number of rotatable bonds is 3. The molecule has 0 spiro atoms. The quantitative estimate of drug-likeness (QED) is 0.811. The fraction of sp³-hybridized carbons (Fsp3) is 0.286. The van der Waals surface area contributed by atoms with Gasteiger partial charge in [0.2, 0.25) is 5.91 Å². The number of piperazine rings is 1. The molecule has 2 aliphatic rings. The molecular formula is C21H21ClN4O3. The fourth-order valence-electron chi connectivity index (χ4n) is 3.75. The first kappa shape index (κ1) is 19.4. The molecule has 8 heteroatoms. The summed E-state index contributed by atoms with van der Waals surface area (Å²) in [6.07, 6.45) is 0.232. The van der Waals surface area contributed by atoms with Crippen LogP contribution in [-0.2, 0) is 4.79 Å². The van der Waals surface area contributed by atoms with Gasteiger partial charge in [0.25, 0.3) is 5.91 Å². The number of benzene rings is 2. The molecule has 2 aromatic carbocycles. The van der Waals surface area contributed by atoms with Crippen LogP contribution in [0.2, 0.25) is 5.02 Å². The lowest BCUT2D eigenvalue weighted by atomic mass is 10.0. The Morgan fingerprint density at radius 3 is 2.69 bits per heavy atom. The highest BCUT2D eigenvalue weighted by Crippen LogP contribution is 2.30. The van der Waals surface area contributed by atoms with Gasteiger partial charge in [-0.1, -0.05) is 35.9 Å². The third kappa shape index (κ3) is 3.97. The number of nitrogens with one attached hydrogen (secondary N) is 2.